The van der Waals surface area contributed by atoms with Crippen molar-refractivity contribution in [2.24, 2.45) is 0 Å². The van der Waals surface area contributed by atoms with Crippen LogP contribution in [0.15, 0.2) is 41.0 Å². The summed E-state index contributed by atoms with van der Waals surface area (Å²) in [6.45, 7) is 2.84. The van der Waals surface area contributed by atoms with Gasteiger partial charge in [0.2, 0.25) is 0 Å². The van der Waals surface area contributed by atoms with Gasteiger partial charge in [0, 0.05) is 42.5 Å². The van der Waals surface area contributed by atoms with Gasteiger partial charge in [-0.1, -0.05) is 11.6 Å². The molecule has 0 N–H and O–H groups in total. The Hall–Kier alpha value is -1.79. The average molecular weight is 411 g/mol. The maximum atomic E-state index is 12.6. The van der Waals surface area contributed by atoms with Crippen molar-refractivity contribution in [3.63, 3.8) is 0 Å². The SMILES string of the molecule is COc1ccc(N2CCN(C(=O)c3cc(Br)cnc3Cl)CC2)cc1. The summed E-state index contributed by atoms with van der Waals surface area (Å²) in [5.41, 5.74) is 1.56. The second-order valence-electron chi connectivity index (χ2n) is 5.47. The van der Waals surface area contributed by atoms with Gasteiger partial charge in [0.1, 0.15) is 10.9 Å². The summed E-state index contributed by atoms with van der Waals surface area (Å²) in [5, 5.41) is 0.237. The van der Waals surface area contributed by atoms with Gasteiger partial charge >= 0.3 is 0 Å². The Morgan fingerprint density at radius 2 is 1.88 bits per heavy atom. The molecule has 1 amide bonds. The molecule has 5 nitrogen and oxygen atoms in total. The van der Waals surface area contributed by atoms with Crippen LogP contribution < -0.4 is 9.64 Å². The summed E-state index contributed by atoms with van der Waals surface area (Å²) in [5.74, 6) is 0.757. The monoisotopic (exact) mass is 409 g/mol. The van der Waals surface area contributed by atoms with Crippen LogP contribution in [0.3, 0.4) is 0 Å². The Morgan fingerprint density at radius 1 is 1.21 bits per heavy atom. The molecular formula is C17H17BrClN3O2. The van der Waals surface area contributed by atoms with E-state index in [-0.39, 0.29) is 11.1 Å². The topological polar surface area (TPSA) is 45.7 Å². The smallest absolute Gasteiger partial charge is 0.257 e. The van der Waals surface area contributed by atoms with Crippen LogP contribution in [-0.4, -0.2) is 49.1 Å². The number of hydrogen-bond acceptors (Lipinski definition) is 4. The molecule has 1 fully saturated rings. The zero-order chi connectivity index (χ0) is 17.1. The Labute approximate surface area is 154 Å². The number of nitrogens with zero attached hydrogens (tertiary/aromatic N) is 3. The molecule has 0 aliphatic carbocycles. The molecular weight excluding hydrogens is 394 g/mol. The zero-order valence-electron chi connectivity index (χ0n) is 13.2. The number of pyridine rings is 1. The van der Waals surface area contributed by atoms with Gasteiger partial charge in [0.15, 0.2) is 0 Å². The molecule has 0 spiro atoms. The van der Waals surface area contributed by atoms with E-state index in [1.54, 1.807) is 19.4 Å². The number of ether oxygens (including phenoxy) is 1. The fourth-order valence-electron chi connectivity index (χ4n) is 2.70. The molecule has 1 aliphatic heterocycles. The number of carbonyl (C=O) groups is 1. The van der Waals surface area contributed by atoms with Crippen molar-refractivity contribution in [2.75, 3.05) is 38.2 Å². The van der Waals surface area contributed by atoms with Crippen molar-refractivity contribution in [3.8, 4) is 5.75 Å². The van der Waals surface area contributed by atoms with E-state index < -0.39 is 0 Å². The molecule has 0 atom stereocenters. The molecule has 3 rings (SSSR count). The lowest BCUT2D eigenvalue weighted by atomic mass is 10.2. The number of hydrogen-bond donors (Lipinski definition) is 0. The highest BCUT2D eigenvalue weighted by atomic mass is 79.9. The normalized spacial score (nSPS) is 14.6. The highest BCUT2D eigenvalue weighted by Gasteiger charge is 2.24. The summed E-state index contributed by atoms with van der Waals surface area (Å²) in [6, 6.07) is 9.67. The second-order valence-corrected chi connectivity index (χ2v) is 6.74. The lowest BCUT2D eigenvalue weighted by Crippen LogP contribution is -2.48. The molecule has 7 heteroatoms. The third-order valence-electron chi connectivity index (χ3n) is 4.04. The van der Waals surface area contributed by atoms with Crippen molar-refractivity contribution in [1.29, 1.82) is 0 Å². The summed E-state index contributed by atoms with van der Waals surface area (Å²) in [6.07, 6.45) is 1.58. The van der Waals surface area contributed by atoms with E-state index in [4.69, 9.17) is 16.3 Å². The quantitative estimate of drug-likeness (QED) is 0.727. The first-order valence-corrected chi connectivity index (χ1v) is 8.75. The standard InChI is InChI=1S/C17H17BrClN3O2/c1-24-14-4-2-13(3-5-14)21-6-8-22(9-7-21)17(23)15-10-12(18)11-20-16(15)19/h2-5,10-11H,6-9H2,1H3. The van der Waals surface area contributed by atoms with Gasteiger partial charge in [0.25, 0.3) is 5.91 Å². The van der Waals surface area contributed by atoms with Crippen LogP contribution in [0.25, 0.3) is 0 Å². The molecule has 0 bridgehead atoms. The number of amides is 1. The average Bonchev–Trinajstić information content (AvgIpc) is 2.63. The molecule has 0 radical (unpaired) electrons. The number of rotatable bonds is 3. The molecule has 2 heterocycles. The molecule has 1 aliphatic rings. The first-order valence-electron chi connectivity index (χ1n) is 7.58. The lowest BCUT2D eigenvalue weighted by Gasteiger charge is -2.36. The highest BCUT2D eigenvalue weighted by molar-refractivity contribution is 9.10. The maximum Gasteiger partial charge on any atom is 0.257 e. The predicted octanol–water partition coefficient (Wildman–Crippen LogP) is 3.47. The van der Waals surface area contributed by atoms with E-state index in [1.807, 2.05) is 29.2 Å². The zero-order valence-corrected chi connectivity index (χ0v) is 15.5. The van der Waals surface area contributed by atoms with Gasteiger partial charge in [0.05, 0.1) is 12.7 Å². The van der Waals surface area contributed by atoms with E-state index in [0.717, 1.165) is 29.0 Å². The van der Waals surface area contributed by atoms with Crippen LogP contribution in [0.1, 0.15) is 10.4 Å². The number of benzene rings is 1. The van der Waals surface area contributed by atoms with E-state index in [1.165, 1.54) is 0 Å². The maximum absolute atomic E-state index is 12.6. The minimum atomic E-state index is -0.0804. The fourth-order valence-corrected chi connectivity index (χ4v) is 3.22. The number of methoxy groups -OCH3 is 1. The van der Waals surface area contributed by atoms with E-state index in [2.05, 4.69) is 25.8 Å². The minimum Gasteiger partial charge on any atom is -0.497 e. The summed E-state index contributed by atoms with van der Waals surface area (Å²) in [7, 11) is 1.65. The van der Waals surface area contributed by atoms with Crippen LogP contribution in [0.4, 0.5) is 5.69 Å². The Balaban J connectivity index is 1.65. The third kappa shape index (κ3) is 3.65. The molecule has 126 valence electrons. The largest absolute Gasteiger partial charge is 0.497 e. The molecule has 2 aromatic rings. The van der Waals surface area contributed by atoms with Crippen LogP contribution in [0, 0.1) is 0 Å². The Bertz CT molecular complexity index is 731. The summed E-state index contributed by atoms with van der Waals surface area (Å²) in [4.78, 5) is 20.7. The van der Waals surface area contributed by atoms with Gasteiger partial charge in [-0.3, -0.25) is 4.79 Å². The number of aromatic nitrogens is 1. The van der Waals surface area contributed by atoms with Crippen molar-refractivity contribution < 1.29 is 9.53 Å². The fraction of sp³-hybridized carbons (Fsp3) is 0.294. The Kier molecular flexibility index (Phi) is 5.26. The van der Waals surface area contributed by atoms with Crippen LogP contribution in [0.2, 0.25) is 5.15 Å². The van der Waals surface area contributed by atoms with Crippen molar-refractivity contribution in [3.05, 3.63) is 51.7 Å². The van der Waals surface area contributed by atoms with Crippen LogP contribution in [-0.2, 0) is 0 Å². The number of anilines is 1. The van der Waals surface area contributed by atoms with Crippen LogP contribution in [0.5, 0.6) is 5.75 Å². The summed E-state index contributed by atoms with van der Waals surface area (Å²) >= 11 is 9.39. The first-order chi connectivity index (χ1) is 11.6. The number of carbonyl (C=O) groups excluding carboxylic acids is 1. The highest BCUT2D eigenvalue weighted by Crippen LogP contribution is 2.23. The molecule has 0 unspecified atom stereocenters. The van der Waals surface area contributed by atoms with E-state index >= 15 is 0 Å². The minimum absolute atomic E-state index is 0.0804. The van der Waals surface area contributed by atoms with Gasteiger partial charge < -0.3 is 14.5 Å². The molecule has 1 saturated heterocycles. The van der Waals surface area contributed by atoms with Gasteiger partial charge in [-0.05, 0) is 46.3 Å². The molecule has 0 saturated carbocycles. The van der Waals surface area contributed by atoms with Crippen molar-refractivity contribution in [1.82, 2.24) is 9.88 Å². The lowest BCUT2D eigenvalue weighted by molar-refractivity contribution is 0.0746. The van der Waals surface area contributed by atoms with Crippen molar-refractivity contribution >= 4 is 39.1 Å². The Morgan fingerprint density at radius 3 is 2.50 bits per heavy atom. The third-order valence-corrected chi connectivity index (χ3v) is 4.78. The van der Waals surface area contributed by atoms with Crippen molar-refractivity contribution in [2.45, 2.75) is 0 Å². The molecule has 1 aromatic heterocycles. The van der Waals surface area contributed by atoms with Crippen LogP contribution >= 0.6 is 27.5 Å². The van der Waals surface area contributed by atoms with E-state index in [9.17, 15) is 4.79 Å². The number of halogens is 2. The van der Waals surface area contributed by atoms with Gasteiger partial charge in [-0.25, -0.2) is 4.98 Å². The summed E-state index contributed by atoms with van der Waals surface area (Å²) < 4.78 is 5.92. The van der Waals surface area contributed by atoms with E-state index in [0.29, 0.717) is 18.7 Å². The second kappa shape index (κ2) is 7.40. The molecule has 1 aromatic carbocycles. The number of piperazine rings is 1. The molecule has 24 heavy (non-hydrogen) atoms. The predicted molar refractivity (Wildman–Crippen MR) is 98.1 cm³/mol. The van der Waals surface area contributed by atoms with Gasteiger partial charge in [-0.15, -0.1) is 0 Å². The van der Waals surface area contributed by atoms with Gasteiger partial charge in [-0.2, -0.15) is 0 Å². The first kappa shape index (κ1) is 17.0.